The highest BCUT2D eigenvalue weighted by molar-refractivity contribution is 5.94. The normalized spacial score (nSPS) is 18.0. The van der Waals surface area contributed by atoms with Gasteiger partial charge in [0.05, 0.1) is 11.7 Å². The monoisotopic (exact) mass is 282 g/mol. The van der Waals surface area contributed by atoms with E-state index in [1.165, 1.54) is 0 Å². The van der Waals surface area contributed by atoms with E-state index in [0.717, 1.165) is 30.6 Å². The number of carbonyl (C=O) groups is 1. The first kappa shape index (κ1) is 13.7. The van der Waals surface area contributed by atoms with Crippen LogP contribution in [0.4, 0.5) is 0 Å². The van der Waals surface area contributed by atoms with Crippen LogP contribution in [0.1, 0.15) is 40.5 Å². The Kier molecular flexibility index (Phi) is 3.92. The Balaban J connectivity index is 1.86. The molecular formula is C16H18N4O. The van der Waals surface area contributed by atoms with E-state index in [9.17, 15) is 4.79 Å². The number of likely N-dealkylation sites (tertiary alicyclic amines) is 1. The van der Waals surface area contributed by atoms with Crippen LogP contribution in [0.15, 0.2) is 42.9 Å². The molecule has 1 aliphatic heterocycles. The maximum atomic E-state index is 12.7. The smallest absolute Gasteiger partial charge is 0.254 e. The van der Waals surface area contributed by atoms with Crippen molar-refractivity contribution in [3.8, 4) is 0 Å². The first-order valence-electron chi connectivity index (χ1n) is 7.15. The highest BCUT2D eigenvalue weighted by Gasteiger charge is 2.30. The van der Waals surface area contributed by atoms with Crippen LogP contribution in [0.3, 0.4) is 0 Å². The maximum absolute atomic E-state index is 12.7. The zero-order chi connectivity index (χ0) is 14.7. The van der Waals surface area contributed by atoms with Gasteiger partial charge in [-0.1, -0.05) is 0 Å². The van der Waals surface area contributed by atoms with Crippen LogP contribution >= 0.6 is 0 Å². The van der Waals surface area contributed by atoms with E-state index in [0.29, 0.717) is 12.1 Å². The van der Waals surface area contributed by atoms with Crippen molar-refractivity contribution in [3.05, 3.63) is 59.7 Å². The maximum Gasteiger partial charge on any atom is 0.254 e. The highest BCUT2D eigenvalue weighted by Crippen LogP contribution is 2.32. The predicted octanol–water partition coefficient (Wildman–Crippen LogP) is 1.91. The Morgan fingerprint density at radius 3 is 2.86 bits per heavy atom. The zero-order valence-electron chi connectivity index (χ0n) is 11.8. The summed E-state index contributed by atoms with van der Waals surface area (Å²) in [6.07, 6.45) is 7.20. The fourth-order valence-electron chi connectivity index (χ4n) is 2.83. The SMILES string of the molecule is NCc1cc(C(=O)N2CCCC2c2ccncc2)ccn1. The van der Waals surface area contributed by atoms with Crippen LogP contribution in [-0.2, 0) is 6.54 Å². The van der Waals surface area contributed by atoms with Gasteiger partial charge in [0.15, 0.2) is 0 Å². The number of carbonyl (C=O) groups excluding carboxylic acids is 1. The third kappa shape index (κ3) is 2.78. The summed E-state index contributed by atoms with van der Waals surface area (Å²) in [5, 5.41) is 0. The molecule has 0 aromatic carbocycles. The van der Waals surface area contributed by atoms with E-state index in [-0.39, 0.29) is 11.9 Å². The summed E-state index contributed by atoms with van der Waals surface area (Å²) in [5.41, 5.74) is 8.13. The van der Waals surface area contributed by atoms with Crippen molar-refractivity contribution in [1.82, 2.24) is 14.9 Å². The molecule has 3 heterocycles. The minimum atomic E-state index is 0.0476. The molecule has 5 heteroatoms. The van der Waals surface area contributed by atoms with Gasteiger partial charge in [-0.3, -0.25) is 14.8 Å². The Morgan fingerprint density at radius 2 is 2.10 bits per heavy atom. The van der Waals surface area contributed by atoms with Crippen molar-refractivity contribution in [2.75, 3.05) is 6.54 Å². The van der Waals surface area contributed by atoms with Crippen LogP contribution in [-0.4, -0.2) is 27.3 Å². The second-order valence-electron chi connectivity index (χ2n) is 5.18. The molecule has 2 aromatic rings. The second-order valence-corrected chi connectivity index (χ2v) is 5.18. The molecule has 1 unspecified atom stereocenters. The van der Waals surface area contributed by atoms with E-state index >= 15 is 0 Å². The summed E-state index contributed by atoms with van der Waals surface area (Å²) in [7, 11) is 0. The molecule has 0 radical (unpaired) electrons. The van der Waals surface area contributed by atoms with Crippen molar-refractivity contribution >= 4 is 5.91 Å². The molecule has 21 heavy (non-hydrogen) atoms. The molecule has 0 spiro atoms. The Morgan fingerprint density at radius 1 is 1.29 bits per heavy atom. The number of pyridine rings is 2. The largest absolute Gasteiger partial charge is 0.332 e. The lowest BCUT2D eigenvalue weighted by atomic mass is 10.1. The van der Waals surface area contributed by atoms with Gasteiger partial charge in [0.25, 0.3) is 5.91 Å². The van der Waals surface area contributed by atoms with Gasteiger partial charge in [-0.05, 0) is 42.7 Å². The molecule has 0 bridgehead atoms. The van der Waals surface area contributed by atoms with Crippen molar-refractivity contribution in [1.29, 1.82) is 0 Å². The van der Waals surface area contributed by atoms with Crippen molar-refractivity contribution < 1.29 is 4.79 Å². The van der Waals surface area contributed by atoms with Gasteiger partial charge in [-0.25, -0.2) is 0 Å². The number of aromatic nitrogens is 2. The van der Waals surface area contributed by atoms with Gasteiger partial charge in [-0.2, -0.15) is 0 Å². The molecule has 2 N–H and O–H groups in total. The number of nitrogens with two attached hydrogens (primary N) is 1. The van der Waals surface area contributed by atoms with Crippen LogP contribution in [0.2, 0.25) is 0 Å². The molecule has 108 valence electrons. The molecule has 1 saturated heterocycles. The molecule has 1 amide bonds. The number of rotatable bonds is 3. The molecule has 5 nitrogen and oxygen atoms in total. The van der Waals surface area contributed by atoms with E-state index in [2.05, 4.69) is 9.97 Å². The fraction of sp³-hybridized carbons (Fsp3) is 0.312. The first-order chi connectivity index (χ1) is 10.3. The lowest BCUT2D eigenvalue weighted by Gasteiger charge is -2.25. The summed E-state index contributed by atoms with van der Waals surface area (Å²) in [5.74, 6) is 0.0476. The number of amides is 1. The molecular weight excluding hydrogens is 264 g/mol. The zero-order valence-corrected chi connectivity index (χ0v) is 11.8. The van der Waals surface area contributed by atoms with Gasteiger partial charge in [-0.15, -0.1) is 0 Å². The molecule has 1 atom stereocenters. The topological polar surface area (TPSA) is 72.1 Å². The van der Waals surface area contributed by atoms with E-state index in [1.54, 1.807) is 30.7 Å². The number of hydrogen-bond acceptors (Lipinski definition) is 4. The van der Waals surface area contributed by atoms with Crippen molar-refractivity contribution in [3.63, 3.8) is 0 Å². The van der Waals surface area contributed by atoms with Crippen LogP contribution in [0.25, 0.3) is 0 Å². The molecule has 0 saturated carbocycles. The van der Waals surface area contributed by atoms with Crippen LogP contribution < -0.4 is 5.73 Å². The third-order valence-electron chi connectivity index (χ3n) is 3.88. The summed E-state index contributed by atoms with van der Waals surface area (Å²) in [6, 6.07) is 7.63. The van der Waals surface area contributed by atoms with Gasteiger partial charge in [0.2, 0.25) is 0 Å². The second kappa shape index (κ2) is 6.01. The Labute approximate surface area is 123 Å². The minimum absolute atomic E-state index is 0.0476. The number of hydrogen-bond donors (Lipinski definition) is 1. The van der Waals surface area contributed by atoms with Crippen molar-refractivity contribution in [2.24, 2.45) is 5.73 Å². The first-order valence-corrected chi connectivity index (χ1v) is 7.15. The summed E-state index contributed by atoms with van der Waals surface area (Å²) < 4.78 is 0. The van der Waals surface area contributed by atoms with Crippen molar-refractivity contribution in [2.45, 2.75) is 25.4 Å². The van der Waals surface area contributed by atoms with Gasteiger partial charge < -0.3 is 10.6 Å². The minimum Gasteiger partial charge on any atom is -0.332 e. The third-order valence-corrected chi connectivity index (χ3v) is 3.88. The number of nitrogens with zero attached hydrogens (tertiary/aromatic N) is 3. The van der Waals surface area contributed by atoms with Gasteiger partial charge in [0.1, 0.15) is 0 Å². The quantitative estimate of drug-likeness (QED) is 0.933. The van der Waals surface area contributed by atoms with Crippen LogP contribution in [0.5, 0.6) is 0 Å². The summed E-state index contributed by atoms with van der Waals surface area (Å²) in [4.78, 5) is 22.9. The van der Waals surface area contributed by atoms with E-state index < -0.39 is 0 Å². The average Bonchev–Trinajstić information content (AvgIpc) is 3.04. The van der Waals surface area contributed by atoms with E-state index in [1.807, 2.05) is 17.0 Å². The summed E-state index contributed by atoms with van der Waals surface area (Å²) >= 11 is 0. The molecule has 3 rings (SSSR count). The highest BCUT2D eigenvalue weighted by atomic mass is 16.2. The molecule has 1 fully saturated rings. The predicted molar refractivity (Wildman–Crippen MR) is 79.4 cm³/mol. The molecule has 1 aliphatic rings. The lowest BCUT2D eigenvalue weighted by molar-refractivity contribution is 0.0735. The Hall–Kier alpha value is -2.27. The summed E-state index contributed by atoms with van der Waals surface area (Å²) in [6.45, 7) is 1.13. The van der Waals surface area contributed by atoms with E-state index in [4.69, 9.17) is 5.73 Å². The average molecular weight is 282 g/mol. The lowest BCUT2D eigenvalue weighted by Crippen LogP contribution is -2.30. The van der Waals surface area contributed by atoms with Gasteiger partial charge >= 0.3 is 0 Å². The Bertz CT molecular complexity index is 629. The molecule has 2 aromatic heterocycles. The van der Waals surface area contributed by atoms with Gasteiger partial charge in [0, 0.05) is 37.2 Å². The molecule has 0 aliphatic carbocycles. The standard InChI is InChI=1S/C16H18N4O/c17-11-14-10-13(5-8-19-14)16(21)20-9-1-2-15(20)12-3-6-18-7-4-12/h3-8,10,15H,1-2,9,11,17H2. The fourth-order valence-corrected chi connectivity index (χ4v) is 2.83. The van der Waals surface area contributed by atoms with Crippen LogP contribution in [0, 0.1) is 0 Å².